The largest absolute Gasteiger partial charge is 0.483 e. The molecule has 4 heteroatoms. The Hall–Kier alpha value is -1.81. The summed E-state index contributed by atoms with van der Waals surface area (Å²) in [7, 11) is 0. The van der Waals surface area contributed by atoms with Gasteiger partial charge in [0, 0.05) is 10.2 Å². The summed E-state index contributed by atoms with van der Waals surface area (Å²) in [5, 5.41) is 2.83. The molecule has 0 radical (unpaired) electrons. The number of carbonyl (C=O) groups is 1. The van der Waals surface area contributed by atoms with E-state index in [2.05, 4.69) is 21.2 Å². The summed E-state index contributed by atoms with van der Waals surface area (Å²) in [6, 6.07) is 11.6. The Balaban J connectivity index is 1.97. The molecular weight excluding hydrogens is 330 g/mol. The van der Waals surface area contributed by atoms with E-state index in [1.807, 2.05) is 57.2 Å². The van der Waals surface area contributed by atoms with Gasteiger partial charge in [-0.25, -0.2) is 0 Å². The highest BCUT2D eigenvalue weighted by atomic mass is 79.9. The van der Waals surface area contributed by atoms with E-state index in [0.29, 0.717) is 0 Å². The van der Waals surface area contributed by atoms with Crippen LogP contribution in [0.3, 0.4) is 0 Å². The molecule has 1 amide bonds. The molecule has 0 atom stereocenters. The molecule has 0 unspecified atom stereocenters. The van der Waals surface area contributed by atoms with Crippen molar-refractivity contribution >= 4 is 27.5 Å². The zero-order valence-corrected chi connectivity index (χ0v) is 14.0. The van der Waals surface area contributed by atoms with Crippen LogP contribution in [0.25, 0.3) is 0 Å². The van der Waals surface area contributed by atoms with Crippen LogP contribution >= 0.6 is 15.9 Å². The van der Waals surface area contributed by atoms with Gasteiger partial charge in [-0.1, -0.05) is 40.2 Å². The van der Waals surface area contributed by atoms with Gasteiger partial charge in [-0.15, -0.1) is 0 Å². The van der Waals surface area contributed by atoms with Crippen molar-refractivity contribution in [3.05, 3.63) is 57.6 Å². The van der Waals surface area contributed by atoms with E-state index >= 15 is 0 Å². The monoisotopic (exact) mass is 347 g/mol. The summed E-state index contributed by atoms with van der Waals surface area (Å²) in [6.07, 6.45) is 0. The number of hydrogen-bond donors (Lipinski definition) is 1. The molecule has 2 aromatic carbocycles. The average Bonchev–Trinajstić information content (AvgIpc) is 2.42. The van der Waals surface area contributed by atoms with Crippen LogP contribution in [0.4, 0.5) is 5.69 Å². The molecule has 2 aromatic rings. The van der Waals surface area contributed by atoms with Gasteiger partial charge in [-0.3, -0.25) is 4.79 Å². The maximum atomic E-state index is 12.0. The van der Waals surface area contributed by atoms with E-state index < -0.39 is 0 Å². The third kappa shape index (κ3) is 4.08. The van der Waals surface area contributed by atoms with E-state index in [1.165, 1.54) is 0 Å². The number of ether oxygens (including phenoxy) is 1. The molecular formula is C17H18BrNO2. The third-order valence-corrected chi connectivity index (χ3v) is 4.07. The summed E-state index contributed by atoms with van der Waals surface area (Å²) in [5.74, 6) is 0.603. The zero-order valence-electron chi connectivity index (χ0n) is 12.4. The average molecular weight is 348 g/mol. The summed E-state index contributed by atoms with van der Waals surface area (Å²) in [6.45, 7) is 5.94. The van der Waals surface area contributed by atoms with Crippen molar-refractivity contribution < 1.29 is 9.53 Å². The first kappa shape index (κ1) is 15.6. The standard InChI is InChI=1S/C17H18BrNO2/c1-11-7-8-14(9-15(11)18)19-16(20)10-21-17-12(2)5-4-6-13(17)3/h4-9H,10H2,1-3H3,(H,19,20). The molecule has 21 heavy (non-hydrogen) atoms. The molecule has 110 valence electrons. The Bertz CT molecular complexity index is 648. The first-order chi connectivity index (χ1) is 9.97. The first-order valence-electron chi connectivity index (χ1n) is 6.72. The minimum absolute atomic E-state index is 0.00279. The SMILES string of the molecule is Cc1ccc(NC(=O)COc2c(C)cccc2C)cc1Br. The molecule has 0 heterocycles. The smallest absolute Gasteiger partial charge is 0.262 e. The lowest BCUT2D eigenvalue weighted by Gasteiger charge is -2.12. The maximum absolute atomic E-state index is 12.0. The molecule has 0 spiro atoms. The highest BCUT2D eigenvalue weighted by Crippen LogP contribution is 2.23. The summed E-state index contributed by atoms with van der Waals surface area (Å²) >= 11 is 3.45. The lowest BCUT2D eigenvalue weighted by molar-refractivity contribution is -0.118. The van der Waals surface area contributed by atoms with Gasteiger partial charge >= 0.3 is 0 Å². The summed E-state index contributed by atoms with van der Waals surface area (Å²) in [4.78, 5) is 12.0. The predicted molar refractivity (Wildman–Crippen MR) is 88.9 cm³/mol. The number of hydrogen-bond acceptors (Lipinski definition) is 2. The van der Waals surface area contributed by atoms with Crippen LogP contribution in [0.5, 0.6) is 5.75 Å². The third-order valence-electron chi connectivity index (χ3n) is 3.21. The summed E-state index contributed by atoms with van der Waals surface area (Å²) < 4.78 is 6.60. The van der Waals surface area contributed by atoms with Crippen LogP contribution in [-0.2, 0) is 4.79 Å². The number of carbonyl (C=O) groups excluding carboxylic acids is 1. The number of aryl methyl sites for hydroxylation is 3. The fraction of sp³-hybridized carbons (Fsp3) is 0.235. The Morgan fingerprint density at radius 1 is 1.10 bits per heavy atom. The summed E-state index contributed by atoms with van der Waals surface area (Å²) in [5.41, 5.74) is 3.93. The van der Waals surface area contributed by atoms with Crippen molar-refractivity contribution in [1.29, 1.82) is 0 Å². The van der Waals surface area contributed by atoms with Crippen LogP contribution in [0.1, 0.15) is 16.7 Å². The van der Waals surface area contributed by atoms with Gasteiger partial charge in [0.05, 0.1) is 0 Å². The van der Waals surface area contributed by atoms with Crippen molar-refractivity contribution in [2.45, 2.75) is 20.8 Å². The van der Waals surface area contributed by atoms with Crippen molar-refractivity contribution in [3.63, 3.8) is 0 Å². The van der Waals surface area contributed by atoms with E-state index in [4.69, 9.17) is 4.74 Å². The fourth-order valence-electron chi connectivity index (χ4n) is 2.03. The molecule has 0 saturated carbocycles. The molecule has 0 aliphatic heterocycles. The second kappa shape index (κ2) is 6.76. The molecule has 0 aromatic heterocycles. The maximum Gasteiger partial charge on any atom is 0.262 e. The molecule has 0 aliphatic rings. The van der Waals surface area contributed by atoms with Gasteiger partial charge in [0.2, 0.25) is 0 Å². The second-order valence-corrected chi connectivity index (χ2v) is 5.88. The van der Waals surface area contributed by atoms with Crippen LogP contribution in [0, 0.1) is 20.8 Å². The fourth-order valence-corrected chi connectivity index (χ4v) is 2.41. The molecule has 1 N–H and O–H groups in total. The molecule has 2 rings (SSSR count). The molecule has 0 aliphatic carbocycles. The van der Waals surface area contributed by atoms with Crippen LogP contribution < -0.4 is 10.1 Å². The first-order valence-corrected chi connectivity index (χ1v) is 7.51. The topological polar surface area (TPSA) is 38.3 Å². The predicted octanol–water partition coefficient (Wildman–Crippen LogP) is 4.39. The molecule has 3 nitrogen and oxygen atoms in total. The van der Waals surface area contributed by atoms with E-state index in [1.54, 1.807) is 0 Å². The number of halogens is 1. The van der Waals surface area contributed by atoms with E-state index in [-0.39, 0.29) is 12.5 Å². The van der Waals surface area contributed by atoms with Crippen LogP contribution in [-0.4, -0.2) is 12.5 Å². The lowest BCUT2D eigenvalue weighted by atomic mass is 10.1. The van der Waals surface area contributed by atoms with E-state index in [9.17, 15) is 4.79 Å². The Kier molecular flexibility index (Phi) is 5.02. The lowest BCUT2D eigenvalue weighted by Crippen LogP contribution is -2.20. The van der Waals surface area contributed by atoms with Gasteiger partial charge in [0.25, 0.3) is 5.91 Å². The van der Waals surface area contributed by atoms with E-state index in [0.717, 1.165) is 32.6 Å². The Morgan fingerprint density at radius 2 is 1.76 bits per heavy atom. The van der Waals surface area contributed by atoms with Crippen LogP contribution in [0.2, 0.25) is 0 Å². The molecule has 0 bridgehead atoms. The van der Waals surface area contributed by atoms with Gasteiger partial charge in [-0.05, 0) is 49.6 Å². The molecule has 0 saturated heterocycles. The van der Waals surface area contributed by atoms with Crippen molar-refractivity contribution in [1.82, 2.24) is 0 Å². The number of rotatable bonds is 4. The highest BCUT2D eigenvalue weighted by molar-refractivity contribution is 9.10. The number of benzene rings is 2. The normalized spacial score (nSPS) is 10.3. The van der Waals surface area contributed by atoms with Crippen LogP contribution in [0.15, 0.2) is 40.9 Å². The van der Waals surface area contributed by atoms with Crippen molar-refractivity contribution in [3.8, 4) is 5.75 Å². The Labute approximate surface area is 133 Å². The van der Waals surface area contributed by atoms with Gasteiger partial charge in [0.15, 0.2) is 6.61 Å². The zero-order chi connectivity index (χ0) is 15.4. The van der Waals surface area contributed by atoms with Gasteiger partial charge in [-0.2, -0.15) is 0 Å². The quantitative estimate of drug-likeness (QED) is 0.890. The highest BCUT2D eigenvalue weighted by Gasteiger charge is 2.08. The Morgan fingerprint density at radius 3 is 2.38 bits per heavy atom. The molecule has 0 fully saturated rings. The number of para-hydroxylation sites is 1. The van der Waals surface area contributed by atoms with Gasteiger partial charge < -0.3 is 10.1 Å². The second-order valence-electron chi connectivity index (χ2n) is 5.02. The minimum Gasteiger partial charge on any atom is -0.483 e. The number of amides is 1. The number of anilines is 1. The minimum atomic E-state index is -0.173. The van der Waals surface area contributed by atoms with Crippen molar-refractivity contribution in [2.75, 3.05) is 11.9 Å². The van der Waals surface area contributed by atoms with Gasteiger partial charge in [0.1, 0.15) is 5.75 Å². The van der Waals surface area contributed by atoms with Crippen molar-refractivity contribution in [2.24, 2.45) is 0 Å². The number of nitrogens with one attached hydrogen (secondary N) is 1.